The maximum atomic E-state index is 12.5. The molecular weight excluding hydrogens is 385 g/mol. The fraction of sp³-hybridized carbons (Fsp3) is 0.0588. The summed E-state index contributed by atoms with van der Waals surface area (Å²) < 4.78 is 0. The van der Waals surface area contributed by atoms with E-state index in [-0.39, 0.29) is 22.9 Å². The summed E-state index contributed by atoms with van der Waals surface area (Å²) in [6.45, 7) is 0.0831. The first-order valence-electron chi connectivity index (χ1n) is 7.06. The number of carbonyl (C=O) groups excluding carboxylic acids is 2. The number of phenolic OH excluding ortho intramolecular Hbond substituents is 2. The Morgan fingerprint density at radius 2 is 1.76 bits per heavy atom. The Morgan fingerprint density at radius 1 is 1.00 bits per heavy atom. The number of hydrogen-bond donors (Lipinski definition) is 2. The molecule has 0 atom stereocenters. The van der Waals surface area contributed by atoms with Crippen molar-refractivity contribution in [1.82, 2.24) is 4.90 Å². The van der Waals surface area contributed by atoms with Crippen LogP contribution in [0.3, 0.4) is 0 Å². The Balaban J connectivity index is 1.83. The minimum atomic E-state index is -0.436. The second-order valence-electron chi connectivity index (χ2n) is 5.26. The van der Waals surface area contributed by atoms with Crippen LogP contribution in [0.4, 0.5) is 4.79 Å². The number of rotatable bonds is 3. The highest BCUT2D eigenvalue weighted by Crippen LogP contribution is 2.35. The lowest BCUT2D eigenvalue weighted by atomic mass is 10.2. The molecule has 0 aromatic heterocycles. The van der Waals surface area contributed by atoms with E-state index in [1.165, 1.54) is 24.3 Å². The summed E-state index contributed by atoms with van der Waals surface area (Å²) >= 11 is 12.6. The molecule has 1 aliphatic rings. The minimum Gasteiger partial charge on any atom is -0.504 e. The fourth-order valence-electron chi connectivity index (χ4n) is 2.24. The number of phenols is 2. The molecule has 1 saturated heterocycles. The van der Waals surface area contributed by atoms with Gasteiger partial charge >= 0.3 is 0 Å². The summed E-state index contributed by atoms with van der Waals surface area (Å²) in [6.07, 6.45) is 1.49. The zero-order valence-corrected chi connectivity index (χ0v) is 14.9. The molecule has 0 unspecified atom stereocenters. The Kier molecular flexibility index (Phi) is 4.94. The lowest BCUT2D eigenvalue weighted by molar-refractivity contribution is -0.123. The molecule has 2 amide bonds. The van der Waals surface area contributed by atoms with Crippen LogP contribution in [0.5, 0.6) is 11.5 Å². The molecule has 1 heterocycles. The van der Waals surface area contributed by atoms with Crippen LogP contribution in [0.2, 0.25) is 10.0 Å². The molecule has 2 N–H and O–H groups in total. The van der Waals surface area contributed by atoms with Gasteiger partial charge in [0.1, 0.15) is 0 Å². The van der Waals surface area contributed by atoms with E-state index < -0.39 is 11.1 Å². The number of thioether (sulfide) groups is 1. The molecule has 2 aromatic rings. The summed E-state index contributed by atoms with van der Waals surface area (Å²) in [6, 6.07) is 9.05. The van der Waals surface area contributed by atoms with E-state index in [0.29, 0.717) is 21.2 Å². The van der Waals surface area contributed by atoms with Crippen LogP contribution in [-0.2, 0) is 11.3 Å². The molecule has 25 heavy (non-hydrogen) atoms. The largest absolute Gasteiger partial charge is 0.504 e. The van der Waals surface area contributed by atoms with E-state index in [4.69, 9.17) is 23.2 Å². The molecule has 0 spiro atoms. The zero-order chi connectivity index (χ0) is 18.1. The number of carbonyl (C=O) groups is 2. The smallest absolute Gasteiger partial charge is 0.293 e. The van der Waals surface area contributed by atoms with Crippen LogP contribution in [0.25, 0.3) is 6.08 Å². The van der Waals surface area contributed by atoms with E-state index in [0.717, 1.165) is 16.7 Å². The molecule has 0 saturated carbocycles. The van der Waals surface area contributed by atoms with Gasteiger partial charge in [-0.05, 0) is 53.2 Å². The first kappa shape index (κ1) is 17.7. The normalized spacial score (nSPS) is 16.1. The van der Waals surface area contributed by atoms with Crippen LogP contribution >= 0.6 is 35.0 Å². The summed E-state index contributed by atoms with van der Waals surface area (Å²) in [7, 11) is 0. The van der Waals surface area contributed by atoms with Crippen molar-refractivity contribution in [2.75, 3.05) is 0 Å². The summed E-state index contributed by atoms with van der Waals surface area (Å²) in [5.74, 6) is -0.998. The van der Waals surface area contributed by atoms with Gasteiger partial charge in [0.05, 0.1) is 21.5 Å². The summed E-state index contributed by atoms with van der Waals surface area (Å²) in [5, 5.41) is 19.2. The monoisotopic (exact) mass is 395 g/mol. The van der Waals surface area contributed by atoms with Crippen molar-refractivity contribution in [2.45, 2.75) is 6.54 Å². The third-order valence-electron chi connectivity index (χ3n) is 3.50. The average Bonchev–Trinajstić information content (AvgIpc) is 2.82. The number of nitrogens with zero attached hydrogens (tertiary/aromatic N) is 1. The quantitative estimate of drug-likeness (QED) is 0.584. The van der Waals surface area contributed by atoms with E-state index in [9.17, 15) is 19.8 Å². The van der Waals surface area contributed by atoms with Gasteiger partial charge < -0.3 is 10.2 Å². The Hall–Kier alpha value is -2.15. The van der Waals surface area contributed by atoms with Gasteiger partial charge in [-0.15, -0.1) is 0 Å². The molecule has 0 radical (unpaired) electrons. The molecule has 3 rings (SSSR count). The lowest BCUT2D eigenvalue weighted by Gasteiger charge is -2.12. The second kappa shape index (κ2) is 7.00. The van der Waals surface area contributed by atoms with Crippen molar-refractivity contribution in [1.29, 1.82) is 0 Å². The van der Waals surface area contributed by atoms with Crippen molar-refractivity contribution in [2.24, 2.45) is 0 Å². The highest BCUT2D eigenvalue weighted by Gasteiger charge is 2.35. The lowest BCUT2D eigenvalue weighted by Crippen LogP contribution is -2.27. The van der Waals surface area contributed by atoms with Crippen LogP contribution in [-0.4, -0.2) is 26.3 Å². The van der Waals surface area contributed by atoms with Crippen molar-refractivity contribution < 1.29 is 19.8 Å². The predicted octanol–water partition coefficient (Wildman–Crippen LogP) is 4.64. The molecule has 1 aliphatic heterocycles. The number of aromatic hydroxyl groups is 2. The van der Waals surface area contributed by atoms with Crippen molar-refractivity contribution >= 4 is 52.2 Å². The van der Waals surface area contributed by atoms with Gasteiger partial charge in [0.2, 0.25) is 0 Å². The number of imide groups is 1. The first-order valence-corrected chi connectivity index (χ1v) is 8.63. The van der Waals surface area contributed by atoms with E-state index >= 15 is 0 Å². The van der Waals surface area contributed by atoms with Gasteiger partial charge in [-0.2, -0.15) is 0 Å². The fourth-order valence-corrected chi connectivity index (χ4v) is 3.40. The maximum absolute atomic E-state index is 12.5. The highest BCUT2D eigenvalue weighted by molar-refractivity contribution is 8.18. The average molecular weight is 396 g/mol. The van der Waals surface area contributed by atoms with Crippen LogP contribution in [0.1, 0.15) is 11.1 Å². The molecule has 2 aromatic carbocycles. The third-order valence-corrected chi connectivity index (χ3v) is 5.14. The number of benzene rings is 2. The van der Waals surface area contributed by atoms with Crippen LogP contribution < -0.4 is 0 Å². The van der Waals surface area contributed by atoms with Gasteiger partial charge in [-0.3, -0.25) is 14.5 Å². The number of amides is 2. The Labute approximate surface area is 157 Å². The van der Waals surface area contributed by atoms with Gasteiger partial charge in [0.15, 0.2) is 11.5 Å². The zero-order valence-electron chi connectivity index (χ0n) is 12.6. The Bertz CT molecular complexity index is 914. The van der Waals surface area contributed by atoms with Crippen LogP contribution in [0.15, 0.2) is 41.3 Å². The molecule has 5 nitrogen and oxygen atoms in total. The van der Waals surface area contributed by atoms with E-state index in [1.807, 2.05) is 0 Å². The Morgan fingerprint density at radius 3 is 2.44 bits per heavy atom. The number of hydrogen-bond acceptors (Lipinski definition) is 5. The summed E-state index contributed by atoms with van der Waals surface area (Å²) in [5.41, 5.74) is 1.18. The topological polar surface area (TPSA) is 77.8 Å². The van der Waals surface area contributed by atoms with Gasteiger partial charge in [-0.25, -0.2) is 0 Å². The molecule has 1 fully saturated rings. The molecule has 0 aliphatic carbocycles. The first-order chi connectivity index (χ1) is 11.8. The maximum Gasteiger partial charge on any atom is 0.293 e. The molecular formula is C17H11Cl2NO4S. The third kappa shape index (κ3) is 3.76. The van der Waals surface area contributed by atoms with E-state index in [1.54, 1.807) is 18.2 Å². The van der Waals surface area contributed by atoms with E-state index in [2.05, 4.69) is 0 Å². The number of halogens is 2. The predicted molar refractivity (Wildman–Crippen MR) is 97.7 cm³/mol. The van der Waals surface area contributed by atoms with Crippen molar-refractivity contribution in [3.8, 4) is 11.5 Å². The SMILES string of the molecule is O=C1S/C(=C/c2ccc(O)c(O)c2)C(=O)N1Cc1ccc(Cl)c(Cl)c1. The molecule has 8 heteroatoms. The highest BCUT2D eigenvalue weighted by atomic mass is 35.5. The second-order valence-corrected chi connectivity index (χ2v) is 7.07. The minimum absolute atomic E-state index is 0.0831. The van der Waals surface area contributed by atoms with Gasteiger partial charge in [0.25, 0.3) is 11.1 Å². The van der Waals surface area contributed by atoms with Crippen molar-refractivity contribution in [3.63, 3.8) is 0 Å². The van der Waals surface area contributed by atoms with Crippen LogP contribution in [0, 0.1) is 0 Å². The molecule has 0 bridgehead atoms. The molecule has 128 valence electrons. The van der Waals surface area contributed by atoms with Crippen molar-refractivity contribution in [3.05, 3.63) is 62.5 Å². The standard InChI is InChI=1S/C17H11Cl2NO4S/c18-11-3-1-10(5-12(11)19)8-20-16(23)15(25-17(20)24)7-9-2-4-13(21)14(22)6-9/h1-7,21-22H,8H2/b15-7+. The van der Waals surface area contributed by atoms with Gasteiger partial charge in [0, 0.05) is 0 Å². The van der Waals surface area contributed by atoms with Gasteiger partial charge in [-0.1, -0.05) is 35.3 Å². The summed E-state index contributed by atoms with van der Waals surface area (Å²) in [4.78, 5) is 26.0.